The van der Waals surface area contributed by atoms with Crippen LogP contribution in [0.25, 0.3) is 0 Å². The fourth-order valence-electron chi connectivity index (χ4n) is 2.15. The number of nitrogens with one attached hydrogen (secondary N) is 1. The molecule has 0 bridgehead atoms. The Kier molecular flexibility index (Phi) is 8.69. The highest BCUT2D eigenvalue weighted by molar-refractivity contribution is 5.96. The molecule has 0 aliphatic heterocycles. The van der Waals surface area contributed by atoms with Crippen LogP contribution in [0.4, 0.5) is 10.6 Å². The lowest BCUT2D eigenvalue weighted by molar-refractivity contribution is 0.101. The van der Waals surface area contributed by atoms with E-state index in [9.17, 15) is 9.59 Å². The second-order valence-corrected chi connectivity index (χ2v) is 5.26. The van der Waals surface area contributed by atoms with Gasteiger partial charge < -0.3 is 25.1 Å². The smallest absolute Gasteiger partial charge is 0.407 e. The Balaban J connectivity index is 0.000000359. The van der Waals surface area contributed by atoms with Crippen molar-refractivity contribution in [2.75, 3.05) is 26.0 Å². The number of aromatic nitrogens is 2. The van der Waals surface area contributed by atoms with Gasteiger partial charge in [0.15, 0.2) is 11.6 Å². The zero-order valence-electron chi connectivity index (χ0n) is 15.6. The zero-order chi connectivity index (χ0) is 19.5. The predicted octanol–water partition coefficient (Wildman–Crippen LogP) is 2.48. The molecule has 8 nitrogen and oxygen atoms in total. The molecule has 1 aromatic carbocycles. The summed E-state index contributed by atoms with van der Waals surface area (Å²) in [5, 5.41) is 2.49. The molecule has 8 heteroatoms. The first-order chi connectivity index (χ1) is 12.4. The number of nitrogens with zero attached hydrogens (tertiary/aromatic N) is 2. The standard InChI is InChI=1S/C13H15N3O2.C5H11NO2/c1-9(17)12-13(14)15-8-16(12)7-10-3-5-11(18-2)6-4-10;1-3-6-5(7)8-4-2/h3-6,8H,7,14H2,1-2H3;3-4H2,1-2H3,(H,6,7). The number of ether oxygens (including phenoxy) is 2. The molecule has 0 atom stereocenters. The highest BCUT2D eigenvalue weighted by atomic mass is 16.5. The highest BCUT2D eigenvalue weighted by Crippen LogP contribution is 2.15. The van der Waals surface area contributed by atoms with Gasteiger partial charge in [0.05, 0.1) is 20.0 Å². The van der Waals surface area contributed by atoms with Gasteiger partial charge in [0.1, 0.15) is 11.4 Å². The number of benzene rings is 1. The number of Topliss-reactive ketones (excluding diaryl/α,β-unsaturated/α-hetero) is 1. The van der Waals surface area contributed by atoms with Crippen LogP contribution in [0.1, 0.15) is 36.8 Å². The Morgan fingerprint density at radius 3 is 2.38 bits per heavy atom. The second-order valence-electron chi connectivity index (χ2n) is 5.26. The minimum absolute atomic E-state index is 0.0847. The molecule has 0 fully saturated rings. The summed E-state index contributed by atoms with van der Waals surface area (Å²) in [6.07, 6.45) is 1.24. The van der Waals surface area contributed by atoms with Crippen LogP contribution < -0.4 is 15.8 Å². The minimum atomic E-state index is -0.338. The van der Waals surface area contributed by atoms with Gasteiger partial charge in [0.25, 0.3) is 0 Å². The number of methoxy groups -OCH3 is 1. The number of carbonyl (C=O) groups is 2. The normalized spacial score (nSPS) is 9.69. The van der Waals surface area contributed by atoms with Gasteiger partial charge in [0, 0.05) is 20.0 Å². The van der Waals surface area contributed by atoms with E-state index in [1.54, 1.807) is 24.9 Å². The number of nitrogen functional groups attached to an aromatic ring is 1. The van der Waals surface area contributed by atoms with Gasteiger partial charge in [-0.2, -0.15) is 0 Å². The molecule has 0 saturated heterocycles. The molecule has 0 unspecified atom stereocenters. The van der Waals surface area contributed by atoms with Crippen molar-refractivity contribution in [3.63, 3.8) is 0 Å². The van der Waals surface area contributed by atoms with E-state index in [0.29, 0.717) is 25.4 Å². The van der Waals surface area contributed by atoms with E-state index in [0.717, 1.165) is 11.3 Å². The fraction of sp³-hybridized carbons (Fsp3) is 0.389. The average molecular weight is 362 g/mol. The number of ketones is 1. The van der Waals surface area contributed by atoms with E-state index in [1.807, 2.05) is 31.2 Å². The van der Waals surface area contributed by atoms with E-state index < -0.39 is 0 Å². The van der Waals surface area contributed by atoms with Crippen LogP contribution in [0, 0.1) is 0 Å². The summed E-state index contributed by atoms with van der Waals surface area (Å²) >= 11 is 0. The molecule has 0 saturated carbocycles. The lowest BCUT2D eigenvalue weighted by atomic mass is 10.2. The highest BCUT2D eigenvalue weighted by Gasteiger charge is 2.12. The lowest BCUT2D eigenvalue weighted by Gasteiger charge is -2.07. The molecule has 142 valence electrons. The second kappa shape index (κ2) is 10.8. The van der Waals surface area contributed by atoms with E-state index >= 15 is 0 Å². The quantitative estimate of drug-likeness (QED) is 0.764. The third-order valence-corrected chi connectivity index (χ3v) is 3.31. The molecule has 0 spiro atoms. The van der Waals surface area contributed by atoms with Crippen LogP contribution in [-0.4, -0.2) is 41.7 Å². The van der Waals surface area contributed by atoms with Crippen molar-refractivity contribution < 1.29 is 19.1 Å². The number of alkyl carbamates (subject to hydrolysis) is 1. The van der Waals surface area contributed by atoms with E-state index in [2.05, 4.69) is 15.0 Å². The van der Waals surface area contributed by atoms with Crippen LogP contribution in [0.5, 0.6) is 5.75 Å². The Morgan fingerprint density at radius 1 is 1.23 bits per heavy atom. The Labute approximate surface area is 153 Å². The van der Waals surface area contributed by atoms with E-state index in [4.69, 9.17) is 10.5 Å². The summed E-state index contributed by atoms with van der Waals surface area (Å²) in [6.45, 7) is 6.72. The maximum absolute atomic E-state index is 11.5. The summed E-state index contributed by atoms with van der Waals surface area (Å²) in [5.41, 5.74) is 7.17. The van der Waals surface area contributed by atoms with Gasteiger partial charge in [0.2, 0.25) is 0 Å². The molecule has 2 aromatic rings. The van der Waals surface area contributed by atoms with Crippen LogP contribution in [0.3, 0.4) is 0 Å². The molecule has 1 aromatic heterocycles. The summed E-state index contributed by atoms with van der Waals surface area (Å²) in [5.74, 6) is 0.991. The number of hydrogen-bond donors (Lipinski definition) is 2. The SMILES string of the molecule is CCNC(=O)OCC.COc1ccc(Cn2cnc(N)c2C(C)=O)cc1. The first-order valence-corrected chi connectivity index (χ1v) is 8.27. The first-order valence-electron chi connectivity index (χ1n) is 8.27. The van der Waals surface area contributed by atoms with Gasteiger partial charge >= 0.3 is 6.09 Å². The molecular weight excluding hydrogens is 336 g/mol. The van der Waals surface area contributed by atoms with Crippen molar-refractivity contribution in [3.8, 4) is 5.75 Å². The molecule has 0 radical (unpaired) electrons. The summed E-state index contributed by atoms with van der Waals surface area (Å²) in [6, 6.07) is 7.64. The molecule has 3 N–H and O–H groups in total. The summed E-state index contributed by atoms with van der Waals surface area (Å²) in [4.78, 5) is 25.8. The fourth-order valence-corrected chi connectivity index (χ4v) is 2.15. The number of carbonyl (C=O) groups excluding carboxylic acids is 2. The lowest BCUT2D eigenvalue weighted by Crippen LogP contribution is -2.23. The van der Waals surface area contributed by atoms with Crippen molar-refractivity contribution in [1.29, 1.82) is 0 Å². The molecule has 0 aliphatic carbocycles. The van der Waals surface area contributed by atoms with Gasteiger partial charge in [-0.15, -0.1) is 0 Å². The molecular formula is C18H26N4O4. The minimum Gasteiger partial charge on any atom is -0.497 e. The van der Waals surface area contributed by atoms with Crippen LogP contribution in [0.15, 0.2) is 30.6 Å². The molecule has 2 rings (SSSR count). The van der Waals surface area contributed by atoms with Gasteiger partial charge in [-0.1, -0.05) is 12.1 Å². The third-order valence-electron chi connectivity index (χ3n) is 3.31. The van der Waals surface area contributed by atoms with Crippen molar-refractivity contribution >= 4 is 17.7 Å². The molecule has 1 heterocycles. The third kappa shape index (κ3) is 6.46. The first kappa shape index (κ1) is 21.0. The van der Waals surface area contributed by atoms with Crippen LogP contribution >= 0.6 is 0 Å². The molecule has 1 amide bonds. The largest absolute Gasteiger partial charge is 0.497 e. The van der Waals surface area contributed by atoms with E-state index in [-0.39, 0.29) is 17.7 Å². The number of rotatable bonds is 6. The van der Waals surface area contributed by atoms with Gasteiger partial charge in [-0.25, -0.2) is 9.78 Å². The zero-order valence-corrected chi connectivity index (χ0v) is 15.6. The Bertz CT molecular complexity index is 702. The van der Waals surface area contributed by atoms with Crippen molar-refractivity contribution in [3.05, 3.63) is 41.9 Å². The Morgan fingerprint density at radius 2 is 1.88 bits per heavy atom. The van der Waals surface area contributed by atoms with Gasteiger partial charge in [-0.3, -0.25) is 4.79 Å². The maximum Gasteiger partial charge on any atom is 0.407 e. The number of amides is 1. The number of nitrogens with two attached hydrogens (primary N) is 1. The van der Waals surface area contributed by atoms with Crippen LogP contribution in [0.2, 0.25) is 0 Å². The van der Waals surface area contributed by atoms with E-state index in [1.165, 1.54) is 6.92 Å². The monoisotopic (exact) mass is 362 g/mol. The van der Waals surface area contributed by atoms with Crippen LogP contribution in [-0.2, 0) is 11.3 Å². The summed E-state index contributed by atoms with van der Waals surface area (Å²) < 4.78 is 11.4. The van der Waals surface area contributed by atoms with Crippen molar-refractivity contribution in [2.24, 2.45) is 0 Å². The van der Waals surface area contributed by atoms with Crippen molar-refractivity contribution in [2.45, 2.75) is 27.3 Å². The number of hydrogen-bond acceptors (Lipinski definition) is 6. The Hall–Kier alpha value is -3.03. The molecule has 26 heavy (non-hydrogen) atoms. The number of imidazole rings is 1. The number of anilines is 1. The van der Waals surface area contributed by atoms with Crippen molar-refractivity contribution in [1.82, 2.24) is 14.9 Å². The molecule has 0 aliphatic rings. The topological polar surface area (TPSA) is 108 Å². The average Bonchev–Trinajstić information content (AvgIpc) is 2.97. The van der Waals surface area contributed by atoms with Gasteiger partial charge in [-0.05, 0) is 31.5 Å². The predicted molar refractivity (Wildman–Crippen MR) is 99.4 cm³/mol. The maximum atomic E-state index is 11.5. The summed E-state index contributed by atoms with van der Waals surface area (Å²) in [7, 11) is 1.62.